The minimum absolute atomic E-state index is 0.140. The number of hydrogen-bond donors (Lipinski definition) is 1. The van der Waals surface area contributed by atoms with Gasteiger partial charge in [0.15, 0.2) is 11.6 Å². The number of rotatable bonds is 9. The topological polar surface area (TPSA) is 110 Å². The number of benzene rings is 4. The smallest absolute Gasteiger partial charge is 0.269 e. The van der Waals surface area contributed by atoms with E-state index in [0.717, 1.165) is 42.5 Å². The summed E-state index contributed by atoms with van der Waals surface area (Å²) < 4.78 is 0. The van der Waals surface area contributed by atoms with Gasteiger partial charge in [-0.25, -0.2) is 0 Å². The van der Waals surface area contributed by atoms with E-state index in [1.807, 2.05) is 89.8 Å². The summed E-state index contributed by atoms with van der Waals surface area (Å²) in [6.45, 7) is 2.16. The lowest BCUT2D eigenvalue weighted by Gasteiger charge is -2.37. The van der Waals surface area contributed by atoms with E-state index in [-0.39, 0.29) is 28.7 Å². The van der Waals surface area contributed by atoms with E-state index in [4.69, 9.17) is 0 Å². The lowest BCUT2D eigenvalue weighted by molar-refractivity contribution is -0.384. The molecule has 1 spiro atoms. The van der Waals surface area contributed by atoms with Gasteiger partial charge in [-0.2, -0.15) is 0 Å². The molecule has 230 valence electrons. The van der Waals surface area contributed by atoms with E-state index in [9.17, 15) is 19.7 Å². The van der Waals surface area contributed by atoms with Crippen molar-refractivity contribution < 1.29 is 19.3 Å². The van der Waals surface area contributed by atoms with Crippen molar-refractivity contribution in [3.05, 3.63) is 141 Å². The van der Waals surface area contributed by atoms with Crippen LogP contribution in [0.1, 0.15) is 63.6 Å². The van der Waals surface area contributed by atoms with Gasteiger partial charge in [-0.3, -0.25) is 24.5 Å². The highest BCUT2D eigenvalue weighted by Gasteiger charge is 2.70. The fraction of sp³-hybridized carbons (Fsp3) is 0.237. The van der Waals surface area contributed by atoms with E-state index >= 15 is 4.79 Å². The molecule has 7 rings (SSSR count). The molecule has 0 radical (unpaired) electrons. The Balaban J connectivity index is 1.43. The van der Waals surface area contributed by atoms with Gasteiger partial charge in [0.05, 0.1) is 16.9 Å². The SMILES string of the molecule is CCCCCc1ccc(C(=O)[C@@H]2[C@H](C(=O)c3ccc([N+](=O)[O-])cc3)N3c4ccccc4C=C[C@@H]3[C@]23C(=O)Nc2ccccc23)cc1. The number of nitro benzene ring substituents is 1. The fourth-order valence-corrected chi connectivity index (χ4v) is 7.63. The van der Waals surface area contributed by atoms with Crippen LogP contribution in [0.3, 0.4) is 0 Å². The molecule has 46 heavy (non-hydrogen) atoms. The number of nitro groups is 1. The van der Waals surface area contributed by atoms with Gasteiger partial charge in [0.1, 0.15) is 11.5 Å². The van der Waals surface area contributed by atoms with Crippen molar-refractivity contribution in [1.82, 2.24) is 0 Å². The first-order valence-corrected chi connectivity index (χ1v) is 15.7. The minimum Gasteiger partial charge on any atom is -0.352 e. The van der Waals surface area contributed by atoms with E-state index in [1.54, 1.807) is 0 Å². The summed E-state index contributed by atoms with van der Waals surface area (Å²) in [7, 11) is 0. The molecule has 1 saturated heterocycles. The molecule has 4 atom stereocenters. The summed E-state index contributed by atoms with van der Waals surface area (Å²) >= 11 is 0. The number of para-hydroxylation sites is 2. The Kier molecular flexibility index (Phi) is 7.35. The number of nitrogens with zero attached hydrogens (tertiary/aromatic N) is 2. The monoisotopic (exact) mass is 611 g/mol. The molecule has 4 aromatic carbocycles. The van der Waals surface area contributed by atoms with E-state index in [0.29, 0.717) is 16.8 Å². The number of ketones is 2. The molecular formula is C38H33N3O5. The second-order valence-electron chi connectivity index (χ2n) is 12.2. The van der Waals surface area contributed by atoms with Crippen molar-refractivity contribution in [3.8, 4) is 0 Å². The van der Waals surface area contributed by atoms with Crippen molar-refractivity contribution in [2.24, 2.45) is 5.92 Å². The zero-order valence-electron chi connectivity index (χ0n) is 25.4. The molecule has 0 aromatic heterocycles. The third-order valence-electron chi connectivity index (χ3n) is 9.76. The summed E-state index contributed by atoms with van der Waals surface area (Å²) in [5, 5.41) is 14.4. The van der Waals surface area contributed by atoms with Crippen LogP contribution in [0.5, 0.6) is 0 Å². The van der Waals surface area contributed by atoms with Gasteiger partial charge in [0, 0.05) is 34.6 Å². The molecule has 0 unspecified atom stereocenters. The van der Waals surface area contributed by atoms with Gasteiger partial charge in [0.25, 0.3) is 5.69 Å². The molecule has 1 fully saturated rings. The van der Waals surface area contributed by atoms with Crippen molar-refractivity contribution in [2.75, 3.05) is 10.2 Å². The van der Waals surface area contributed by atoms with Crippen LogP contribution >= 0.6 is 0 Å². The van der Waals surface area contributed by atoms with Gasteiger partial charge < -0.3 is 10.2 Å². The molecule has 0 saturated carbocycles. The Morgan fingerprint density at radius 1 is 0.870 bits per heavy atom. The third kappa shape index (κ3) is 4.47. The average molecular weight is 612 g/mol. The maximum atomic E-state index is 15.0. The Morgan fingerprint density at radius 2 is 1.54 bits per heavy atom. The lowest BCUT2D eigenvalue weighted by Crippen LogP contribution is -2.51. The van der Waals surface area contributed by atoms with Crippen molar-refractivity contribution in [1.29, 1.82) is 0 Å². The Labute approximate surface area is 266 Å². The van der Waals surface area contributed by atoms with Crippen LogP contribution in [0, 0.1) is 16.0 Å². The second kappa shape index (κ2) is 11.5. The van der Waals surface area contributed by atoms with Gasteiger partial charge in [-0.05, 0) is 53.8 Å². The number of amides is 1. The van der Waals surface area contributed by atoms with Crippen molar-refractivity contribution >= 4 is 40.6 Å². The number of hydrogen-bond acceptors (Lipinski definition) is 6. The number of fused-ring (bicyclic) bond motifs is 6. The Morgan fingerprint density at radius 3 is 2.28 bits per heavy atom. The lowest BCUT2D eigenvalue weighted by atomic mass is 9.64. The molecule has 8 nitrogen and oxygen atoms in total. The number of nitrogens with one attached hydrogen (secondary N) is 1. The Bertz CT molecular complexity index is 1900. The van der Waals surface area contributed by atoms with E-state index in [2.05, 4.69) is 12.2 Å². The van der Waals surface area contributed by atoms with Gasteiger partial charge in [-0.1, -0.05) is 92.6 Å². The number of non-ortho nitro benzene ring substituents is 1. The summed E-state index contributed by atoms with van der Waals surface area (Å²) in [5.74, 6) is -2.12. The maximum Gasteiger partial charge on any atom is 0.269 e. The molecule has 3 aliphatic heterocycles. The second-order valence-corrected chi connectivity index (χ2v) is 12.2. The summed E-state index contributed by atoms with van der Waals surface area (Å²) in [5.41, 5.74) is 3.13. The number of carbonyl (C=O) groups is 3. The number of Topliss-reactive ketones (excluding diaryl/α,β-unsaturated/α-hetero) is 2. The van der Waals surface area contributed by atoms with E-state index < -0.39 is 28.3 Å². The van der Waals surface area contributed by atoms with Gasteiger partial charge in [0.2, 0.25) is 5.91 Å². The summed E-state index contributed by atoms with van der Waals surface area (Å²) in [6.07, 6.45) is 8.09. The number of aryl methyl sites for hydroxylation is 1. The molecule has 1 amide bonds. The average Bonchev–Trinajstić information content (AvgIpc) is 3.56. The fourth-order valence-electron chi connectivity index (χ4n) is 7.63. The predicted molar refractivity (Wildman–Crippen MR) is 177 cm³/mol. The minimum atomic E-state index is -1.42. The third-order valence-corrected chi connectivity index (χ3v) is 9.76. The predicted octanol–water partition coefficient (Wildman–Crippen LogP) is 7.18. The molecule has 3 aliphatic rings. The maximum absolute atomic E-state index is 15.0. The standard InChI is InChI=1S/C38H33N3O5/c1-2-3-4-9-24-14-16-26(17-15-24)35(42)33-34(36(43)27-18-21-28(22-19-27)41(45)46)40-31-13-8-5-10-25(31)20-23-32(40)38(33)29-11-6-7-12-30(29)39-37(38)44/h5-8,10-23,32-34H,2-4,9H2,1H3,(H,39,44)/t32-,33+,34-,38+/m1/s1. The highest BCUT2D eigenvalue weighted by molar-refractivity contribution is 6.18. The van der Waals surface area contributed by atoms with Crippen LogP contribution in [-0.2, 0) is 16.6 Å². The highest BCUT2D eigenvalue weighted by atomic mass is 16.6. The Hall–Kier alpha value is -5.37. The number of unbranched alkanes of at least 4 members (excludes halogenated alkanes) is 2. The normalized spacial score (nSPS) is 22.2. The summed E-state index contributed by atoms with van der Waals surface area (Å²) in [6, 6.07) is 26.3. The first kappa shape index (κ1) is 29.3. The van der Waals surface area contributed by atoms with Crippen LogP contribution in [-0.4, -0.2) is 34.5 Å². The van der Waals surface area contributed by atoms with Crippen LogP contribution in [0.15, 0.2) is 103 Å². The highest BCUT2D eigenvalue weighted by Crippen LogP contribution is 2.58. The van der Waals surface area contributed by atoms with Crippen LogP contribution in [0.25, 0.3) is 6.08 Å². The molecule has 3 heterocycles. The van der Waals surface area contributed by atoms with E-state index in [1.165, 1.54) is 24.3 Å². The van der Waals surface area contributed by atoms with Crippen molar-refractivity contribution in [2.45, 2.75) is 50.1 Å². The molecule has 8 heteroatoms. The van der Waals surface area contributed by atoms with Gasteiger partial charge >= 0.3 is 0 Å². The summed E-state index contributed by atoms with van der Waals surface area (Å²) in [4.78, 5) is 57.1. The number of carbonyl (C=O) groups excluding carboxylic acids is 3. The molecule has 0 bridgehead atoms. The van der Waals surface area contributed by atoms with Crippen LogP contribution in [0.4, 0.5) is 17.1 Å². The van der Waals surface area contributed by atoms with Crippen LogP contribution < -0.4 is 10.2 Å². The van der Waals surface area contributed by atoms with Crippen molar-refractivity contribution in [3.63, 3.8) is 0 Å². The quantitative estimate of drug-likeness (QED) is 0.0929. The first-order valence-electron chi connectivity index (χ1n) is 15.7. The zero-order chi connectivity index (χ0) is 32.0. The zero-order valence-corrected chi connectivity index (χ0v) is 25.4. The number of anilines is 2. The van der Waals surface area contributed by atoms with Gasteiger partial charge in [-0.15, -0.1) is 0 Å². The largest absolute Gasteiger partial charge is 0.352 e. The molecule has 0 aliphatic carbocycles. The molecule has 4 aromatic rings. The van der Waals surface area contributed by atoms with Crippen LogP contribution in [0.2, 0.25) is 0 Å². The molecule has 1 N–H and O–H groups in total. The molecular weight excluding hydrogens is 578 g/mol. The first-order chi connectivity index (χ1) is 22.4.